The second-order valence-corrected chi connectivity index (χ2v) is 5.88. The van der Waals surface area contributed by atoms with Gasteiger partial charge >= 0.3 is 12.1 Å². The molecule has 23 heavy (non-hydrogen) atoms. The number of carbonyl (C=O) groups is 2. The summed E-state index contributed by atoms with van der Waals surface area (Å²) in [6.45, 7) is 1.93. The molecule has 1 N–H and O–H groups in total. The molecule has 0 saturated carbocycles. The number of halogens is 4. The molecule has 8 heteroatoms. The number of hydrogen-bond acceptors (Lipinski definition) is 2. The lowest BCUT2D eigenvalue weighted by Gasteiger charge is -2.24. The maximum atomic E-state index is 12.5. The van der Waals surface area contributed by atoms with Gasteiger partial charge in [-0.3, -0.25) is 9.59 Å². The Balaban J connectivity index is 2.02. The van der Waals surface area contributed by atoms with Crippen molar-refractivity contribution in [3.05, 3.63) is 34.3 Å². The fraction of sp³-hybridized carbons (Fsp3) is 0.467. The zero-order valence-electron chi connectivity index (χ0n) is 12.4. The number of benzene rings is 1. The number of alkyl halides is 3. The second kappa shape index (κ2) is 6.78. The molecule has 1 fully saturated rings. The van der Waals surface area contributed by atoms with Crippen molar-refractivity contribution in [3.63, 3.8) is 0 Å². The topological polar surface area (TPSA) is 49.4 Å². The van der Waals surface area contributed by atoms with Crippen LogP contribution in [0, 0.1) is 6.92 Å². The molecule has 1 aromatic carbocycles. The van der Waals surface area contributed by atoms with E-state index in [0.717, 1.165) is 11.1 Å². The normalized spacial score (nSPS) is 18.1. The Morgan fingerprint density at radius 2 is 2.09 bits per heavy atom. The Bertz CT molecular complexity index is 619. The molecule has 1 heterocycles. The van der Waals surface area contributed by atoms with E-state index in [1.807, 2.05) is 6.92 Å². The molecular weight excluding hydrogens is 333 g/mol. The quantitative estimate of drug-likeness (QED) is 0.913. The highest BCUT2D eigenvalue weighted by atomic mass is 35.5. The molecule has 0 aliphatic carbocycles. The van der Waals surface area contributed by atoms with Crippen LogP contribution in [-0.2, 0) is 16.1 Å². The van der Waals surface area contributed by atoms with E-state index in [2.05, 4.69) is 5.32 Å². The first-order valence-electron chi connectivity index (χ1n) is 7.10. The number of amides is 2. The molecule has 1 aliphatic rings. The molecular formula is C15H16ClF3N2O2. The summed E-state index contributed by atoms with van der Waals surface area (Å²) in [6, 6.07) is 4.11. The Hall–Kier alpha value is -1.76. The SMILES string of the molecule is Cc1ccc(Cl)cc1CNC(=O)[C@@H]1CCCN1C(=O)C(F)(F)F. The number of carbonyl (C=O) groups excluding carboxylic acids is 2. The van der Waals surface area contributed by atoms with E-state index in [9.17, 15) is 22.8 Å². The van der Waals surface area contributed by atoms with Crippen LogP contribution in [0.25, 0.3) is 0 Å². The van der Waals surface area contributed by atoms with Crippen LogP contribution in [0.3, 0.4) is 0 Å². The van der Waals surface area contributed by atoms with Gasteiger partial charge in [0.2, 0.25) is 5.91 Å². The smallest absolute Gasteiger partial charge is 0.350 e. The molecule has 0 unspecified atom stereocenters. The molecule has 1 aliphatic heterocycles. The van der Waals surface area contributed by atoms with E-state index in [-0.39, 0.29) is 19.5 Å². The summed E-state index contributed by atoms with van der Waals surface area (Å²) in [6.07, 6.45) is -4.37. The summed E-state index contributed by atoms with van der Waals surface area (Å²) < 4.78 is 37.6. The van der Waals surface area contributed by atoms with Gasteiger partial charge in [-0.2, -0.15) is 13.2 Å². The highest BCUT2D eigenvalue weighted by Crippen LogP contribution is 2.26. The maximum absolute atomic E-state index is 12.5. The van der Waals surface area contributed by atoms with Crippen molar-refractivity contribution in [1.82, 2.24) is 10.2 Å². The highest BCUT2D eigenvalue weighted by molar-refractivity contribution is 6.30. The van der Waals surface area contributed by atoms with Crippen LogP contribution in [0.15, 0.2) is 18.2 Å². The lowest BCUT2D eigenvalue weighted by atomic mass is 10.1. The van der Waals surface area contributed by atoms with Crippen molar-refractivity contribution in [2.24, 2.45) is 0 Å². The molecule has 4 nitrogen and oxygen atoms in total. The van der Waals surface area contributed by atoms with Crippen LogP contribution in [-0.4, -0.2) is 35.5 Å². The van der Waals surface area contributed by atoms with E-state index in [1.165, 1.54) is 0 Å². The molecule has 0 radical (unpaired) electrons. The molecule has 0 spiro atoms. The van der Waals surface area contributed by atoms with E-state index >= 15 is 0 Å². The van der Waals surface area contributed by atoms with E-state index in [1.54, 1.807) is 18.2 Å². The van der Waals surface area contributed by atoms with Crippen molar-refractivity contribution in [3.8, 4) is 0 Å². The predicted molar refractivity (Wildman–Crippen MR) is 78.8 cm³/mol. The predicted octanol–water partition coefficient (Wildman–Crippen LogP) is 2.82. The zero-order valence-corrected chi connectivity index (χ0v) is 13.2. The lowest BCUT2D eigenvalue weighted by molar-refractivity contribution is -0.186. The van der Waals surface area contributed by atoms with E-state index in [4.69, 9.17) is 11.6 Å². The van der Waals surface area contributed by atoms with Crippen LogP contribution >= 0.6 is 11.6 Å². The van der Waals surface area contributed by atoms with Crippen molar-refractivity contribution < 1.29 is 22.8 Å². The van der Waals surface area contributed by atoms with Gasteiger partial charge in [-0.15, -0.1) is 0 Å². The minimum Gasteiger partial charge on any atom is -0.350 e. The van der Waals surface area contributed by atoms with Crippen LogP contribution < -0.4 is 5.32 Å². The summed E-state index contributed by atoms with van der Waals surface area (Å²) in [5, 5.41) is 3.10. The van der Waals surface area contributed by atoms with Gasteiger partial charge in [0.25, 0.3) is 0 Å². The molecule has 2 rings (SSSR count). The summed E-state index contributed by atoms with van der Waals surface area (Å²) in [5.74, 6) is -2.55. The number of nitrogens with zero attached hydrogens (tertiary/aromatic N) is 1. The minimum absolute atomic E-state index is 0.0629. The van der Waals surface area contributed by atoms with Crippen LogP contribution in [0.5, 0.6) is 0 Å². The largest absolute Gasteiger partial charge is 0.471 e. The number of nitrogens with one attached hydrogen (secondary N) is 1. The molecule has 1 atom stereocenters. The van der Waals surface area contributed by atoms with Crippen LogP contribution in [0.1, 0.15) is 24.0 Å². The van der Waals surface area contributed by atoms with Gasteiger partial charge in [0.05, 0.1) is 0 Å². The Morgan fingerprint density at radius 1 is 1.39 bits per heavy atom. The Kier molecular flexibility index (Phi) is 5.19. The average Bonchev–Trinajstić information content (AvgIpc) is 2.95. The van der Waals surface area contributed by atoms with Crippen LogP contribution in [0.4, 0.5) is 13.2 Å². The average molecular weight is 349 g/mol. The third-order valence-corrected chi connectivity index (χ3v) is 4.06. The minimum atomic E-state index is -4.97. The first-order chi connectivity index (χ1) is 10.7. The number of aryl methyl sites for hydroxylation is 1. The van der Waals surface area contributed by atoms with Crippen molar-refractivity contribution in [2.75, 3.05) is 6.54 Å². The number of rotatable bonds is 3. The maximum Gasteiger partial charge on any atom is 0.471 e. The molecule has 1 saturated heterocycles. The molecule has 1 aromatic rings. The fourth-order valence-electron chi connectivity index (χ4n) is 2.58. The first-order valence-corrected chi connectivity index (χ1v) is 7.48. The fourth-order valence-corrected chi connectivity index (χ4v) is 2.77. The molecule has 126 valence electrons. The van der Waals surface area contributed by atoms with Gasteiger partial charge in [0.15, 0.2) is 0 Å². The molecule has 0 bridgehead atoms. The third-order valence-electron chi connectivity index (χ3n) is 3.82. The number of hydrogen-bond donors (Lipinski definition) is 1. The van der Waals surface area contributed by atoms with Gasteiger partial charge in [-0.25, -0.2) is 0 Å². The van der Waals surface area contributed by atoms with Crippen molar-refractivity contribution >= 4 is 23.4 Å². The summed E-state index contributed by atoms with van der Waals surface area (Å²) in [5.41, 5.74) is 1.68. The van der Waals surface area contributed by atoms with E-state index < -0.39 is 24.0 Å². The van der Waals surface area contributed by atoms with Gasteiger partial charge < -0.3 is 10.2 Å². The zero-order chi connectivity index (χ0) is 17.2. The first kappa shape index (κ1) is 17.6. The number of likely N-dealkylation sites (tertiary alicyclic amines) is 1. The Morgan fingerprint density at radius 3 is 2.74 bits per heavy atom. The summed E-state index contributed by atoms with van der Waals surface area (Å²) in [4.78, 5) is 24.1. The Labute approximate surface area is 136 Å². The molecule has 0 aromatic heterocycles. The summed E-state index contributed by atoms with van der Waals surface area (Å²) in [7, 11) is 0. The van der Waals surface area contributed by atoms with Crippen molar-refractivity contribution in [1.29, 1.82) is 0 Å². The van der Waals surface area contributed by atoms with Crippen molar-refractivity contribution in [2.45, 2.75) is 38.5 Å². The van der Waals surface area contributed by atoms with Crippen LogP contribution in [0.2, 0.25) is 5.02 Å². The highest BCUT2D eigenvalue weighted by Gasteiger charge is 2.47. The summed E-state index contributed by atoms with van der Waals surface area (Å²) >= 11 is 5.88. The third kappa shape index (κ3) is 4.16. The van der Waals surface area contributed by atoms with Gasteiger partial charge in [0, 0.05) is 18.1 Å². The van der Waals surface area contributed by atoms with Gasteiger partial charge in [-0.1, -0.05) is 17.7 Å². The molecule has 2 amide bonds. The standard InChI is InChI=1S/C15H16ClF3N2O2/c1-9-4-5-11(16)7-10(9)8-20-13(22)12-3-2-6-21(12)14(23)15(17,18)19/h4-5,7,12H,2-3,6,8H2,1H3,(H,20,22)/t12-/m0/s1. The monoisotopic (exact) mass is 348 g/mol. The van der Waals surface area contributed by atoms with Gasteiger partial charge in [-0.05, 0) is 43.0 Å². The van der Waals surface area contributed by atoms with E-state index in [0.29, 0.717) is 16.3 Å². The second-order valence-electron chi connectivity index (χ2n) is 5.44. The lowest BCUT2D eigenvalue weighted by Crippen LogP contribution is -2.50. The van der Waals surface area contributed by atoms with Gasteiger partial charge in [0.1, 0.15) is 6.04 Å².